The third-order valence-corrected chi connectivity index (χ3v) is 1.15. The van der Waals surface area contributed by atoms with E-state index in [1.165, 1.54) is 0 Å². The van der Waals surface area contributed by atoms with Crippen molar-refractivity contribution < 1.29 is 0 Å². The Labute approximate surface area is 60.8 Å². The summed E-state index contributed by atoms with van der Waals surface area (Å²) < 4.78 is 0. The number of hydrazone groups is 1. The first-order valence-corrected chi connectivity index (χ1v) is 3.16. The Morgan fingerprint density at radius 1 is 1.70 bits per heavy atom. The van der Waals surface area contributed by atoms with E-state index in [0.29, 0.717) is 0 Å². The van der Waals surface area contributed by atoms with Gasteiger partial charge in [-0.2, -0.15) is 5.10 Å². The minimum Gasteiger partial charge on any atom is -0.242 e. The molecule has 0 aliphatic carbocycles. The van der Waals surface area contributed by atoms with Gasteiger partial charge >= 0.3 is 0 Å². The van der Waals surface area contributed by atoms with Gasteiger partial charge in [0.25, 0.3) is 0 Å². The van der Waals surface area contributed by atoms with Gasteiger partial charge in [-0.25, -0.2) is 5.01 Å². The first-order chi connectivity index (χ1) is 4.84. The largest absolute Gasteiger partial charge is 0.242 e. The quantitative estimate of drug-likeness (QED) is 0.534. The maximum Gasteiger partial charge on any atom is 0.0574 e. The summed E-state index contributed by atoms with van der Waals surface area (Å²) in [4.78, 5) is 0. The average molecular weight is 134 g/mol. The van der Waals surface area contributed by atoms with E-state index in [-0.39, 0.29) is 0 Å². The molecule has 0 saturated carbocycles. The topological polar surface area (TPSA) is 15.6 Å². The number of nitrogens with zero attached hydrogens (tertiary/aromatic N) is 2. The maximum absolute atomic E-state index is 4.04. The fourth-order valence-corrected chi connectivity index (χ4v) is 0.690. The van der Waals surface area contributed by atoms with Crippen LogP contribution in [0.1, 0.15) is 6.92 Å². The second-order valence-electron chi connectivity index (χ2n) is 1.94. The van der Waals surface area contributed by atoms with Crippen molar-refractivity contribution in [3.05, 3.63) is 36.7 Å². The van der Waals surface area contributed by atoms with Crippen molar-refractivity contribution in [3.8, 4) is 0 Å². The molecule has 2 heteroatoms. The van der Waals surface area contributed by atoms with Gasteiger partial charge in [0.1, 0.15) is 0 Å². The van der Waals surface area contributed by atoms with Crippen LogP contribution in [0.4, 0.5) is 0 Å². The Hall–Kier alpha value is -1.31. The summed E-state index contributed by atoms with van der Waals surface area (Å²) in [5, 5.41) is 5.76. The monoisotopic (exact) mass is 134 g/mol. The van der Waals surface area contributed by atoms with E-state index in [9.17, 15) is 0 Å². The van der Waals surface area contributed by atoms with Crippen LogP contribution in [-0.2, 0) is 0 Å². The van der Waals surface area contributed by atoms with Crippen LogP contribution in [0.3, 0.4) is 0 Å². The van der Waals surface area contributed by atoms with Crippen molar-refractivity contribution in [1.29, 1.82) is 0 Å². The molecule has 0 N–H and O–H groups in total. The maximum atomic E-state index is 4.04. The molecular weight excluding hydrogens is 124 g/mol. The molecular formula is C8H10N2. The highest BCUT2D eigenvalue weighted by Gasteiger charge is 1.98. The number of allylic oxidation sites excluding steroid dienone is 3. The Morgan fingerprint density at radius 3 is 3.10 bits per heavy atom. The summed E-state index contributed by atoms with van der Waals surface area (Å²) in [5.41, 5.74) is 0.889. The lowest BCUT2D eigenvalue weighted by Gasteiger charge is -2.15. The SMILES string of the molecule is C=C1C=CC=NN1/C=C\C. The second-order valence-corrected chi connectivity index (χ2v) is 1.94. The van der Waals surface area contributed by atoms with Crippen LogP contribution in [0.5, 0.6) is 0 Å². The van der Waals surface area contributed by atoms with E-state index in [2.05, 4.69) is 11.7 Å². The average Bonchev–Trinajstić information content (AvgIpc) is 1.94. The third-order valence-electron chi connectivity index (χ3n) is 1.15. The molecule has 0 bridgehead atoms. The summed E-state index contributed by atoms with van der Waals surface area (Å²) in [6, 6.07) is 0. The standard InChI is InChI=1S/C8H10N2/c1-3-7-10-8(2)5-4-6-9-10/h3-7H,2H2,1H3/b7-3-. The molecule has 2 nitrogen and oxygen atoms in total. The summed E-state index contributed by atoms with van der Waals surface area (Å²) in [7, 11) is 0. The summed E-state index contributed by atoms with van der Waals surface area (Å²) >= 11 is 0. The predicted octanol–water partition coefficient (Wildman–Crippen LogP) is 1.89. The van der Waals surface area contributed by atoms with Gasteiger partial charge in [0, 0.05) is 12.4 Å². The summed E-state index contributed by atoms with van der Waals surface area (Å²) in [5.74, 6) is 0. The van der Waals surface area contributed by atoms with Gasteiger partial charge in [-0.05, 0) is 19.1 Å². The van der Waals surface area contributed by atoms with E-state index in [4.69, 9.17) is 0 Å². The van der Waals surface area contributed by atoms with Gasteiger partial charge in [-0.15, -0.1) is 0 Å². The fraction of sp³-hybridized carbons (Fsp3) is 0.125. The van der Waals surface area contributed by atoms with Crippen molar-refractivity contribution in [2.24, 2.45) is 5.10 Å². The first-order valence-electron chi connectivity index (χ1n) is 3.16. The smallest absolute Gasteiger partial charge is 0.0574 e. The molecule has 0 aromatic heterocycles. The zero-order chi connectivity index (χ0) is 7.40. The van der Waals surface area contributed by atoms with Crippen LogP contribution in [0, 0.1) is 0 Å². The van der Waals surface area contributed by atoms with E-state index in [0.717, 1.165) is 5.70 Å². The van der Waals surface area contributed by atoms with Gasteiger partial charge in [0.2, 0.25) is 0 Å². The Bertz CT molecular complexity index is 211. The highest BCUT2D eigenvalue weighted by molar-refractivity contribution is 5.73. The molecule has 52 valence electrons. The van der Waals surface area contributed by atoms with E-state index in [1.807, 2.05) is 31.4 Å². The Kier molecular flexibility index (Phi) is 2.05. The number of hydrogen-bond donors (Lipinski definition) is 0. The highest BCUT2D eigenvalue weighted by Crippen LogP contribution is 2.07. The molecule has 0 radical (unpaired) electrons. The van der Waals surface area contributed by atoms with E-state index >= 15 is 0 Å². The van der Waals surface area contributed by atoms with Gasteiger partial charge in [-0.3, -0.25) is 0 Å². The predicted molar refractivity (Wildman–Crippen MR) is 43.4 cm³/mol. The third kappa shape index (κ3) is 1.35. The van der Waals surface area contributed by atoms with Crippen molar-refractivity contribution in [2.45, 2.75) is 6.92 Å². The highest BCUT2D eigenvalue weighted by atomic mass is 15.4. The molecule has 0 aromatic carbocycles. The van der Waals surface area contributed by atoms with Crippen LogP contribution in [-0.4, -0.2) is 11.2 Å². The van der Waals surface area contributed by atoms with Crippen LogP contribution < -0.4 is 0 Å². The lowest BCUT2D eigenvalue weighted by atomic mass is 10.4. The Morgan fingerprint density at radius 2 is 2.50 bits per heavy atom. The molecule has 1 aliphatic heterocycles. The minimum absolute atomic E-state index is 0.889. The number of rotatable bonds is 1. The molecule has 0 unspecified atom stereocenters. The Balaban J connectivity index is 2.70. The lowest BCUT2D eigenvalue weighted by Crippen LogP contribution is -2.08. The van der Waals surface area contributed by atoms with Gasteiger partial charge in [0.05, 0.1) is 5.70 Å². The summed E-state index contributed by atoms with van der Waals surface area (Å²) in [6.07, 6.45) is 9.29. The van der Waals surface area contributed by atoms with Crippen molar-refractivity contribution in [2.75, 3.05) is 0 Å². The molecule has 0 fully saturated rings. The van der Waals surface area contributed by atoms with E-state index < -0.39 is 0 Å². The molecule has 0 aromatic rings. The first kappa shape index (κ1) is 6.81. The zero-order valence-electron chi connectivity index (χ0n) is 5.99. The van der Waals surface area contributed by atoms with Crippen LogP contribution in [0.2, 0.25) is 0 Å². The second kappa shape index (κ2) is 3.01. The molecule has 1 heterocycles. The minimum atomic E-state index is 0.889. The molecule has 0 spiro atoms. The molecule has 1 rings (SSSR count). The fourth-order valence-electron chi connectivity index (χ4n) is 0.690. The van der Waals surface area contributed by atoms with Crippen molar-refractivity contribution >= 4 is 6.21 Å². The van der Waals surface area contributed by atoms with E-state index in [1.54, 1.807) is 11.2 Å². The normalized spacial score (nSPS) is 17.3. The van der Waals surface area contributed by atoms with Crippen LogP contribution in [0.15, 0.2) is 41.8 Å². The lowest BCUT2D eigenvalue weighted by molar-refractivity contribution is 0.515. The van der Waals surface area contributed by atoms with Crippen molar-refractivity contribution in [1.82, 2.24) is 5.01 Å². The number of hydrogen-bond acceptors (Lipinski definition) is 2. The summed E-state index contributed by atoms with van der Waals surface area (Å²) in [6.45, 7) is 5.73. The van der Waals surface area contributed by atoms with Crippen LogP contribution >= 0.6 is 0 Å². The zero-order valence-corrected chi connectivity index (χ0v) is 5.99. The molecule has 1 aliphatic rings. The van der Waals surface area contributed by atoms with Gasteiger partial charge < -0.3 is 0 Å². The molecule has 0 saturated heterocycles. The molecule has 0 atom stereocenters. The molecule has 10 heavy (non-hydrogen) atoms. The van der Waals surface area contributed by atoms with Crippen molar-refractivity contribution in [3.63, 3.8) is 0 Å². The van der Waals surface area contributed by atoms with Crippen LogP contribution in [0.25, 0.3) is 0 Å². The van der Waals surface area contributed by atoms with Gasteiger partial charge in [0.15, 0.2) is 0 Å². The molecule has 0 amide bonds. The van der Waals surface area contributed by atoms with Gasteiger partial charge in [-0.1, -0.05) is 12.7 Å².